The maximum Gasteiger partial charge on any atom is 0.116 e. The number of nitrogens with zero attached hydrogens (tertiary/aromatic N) is 14. The number of benzene rings is 16. The van der Waals surface area contributed by atoms with Gasteiger partial charge in [0.1, 0.15) is 6.33 Å². The molecule has 0 unspecified atom stereocenters. The van der Waals surface area contributed by atoms with Crippen molar-refractivity contribution >= 4 is 227 Å². The van der Waals surface area contributed by atoms with E-state index in [4.69, 9.17) is 0 Å². The minimum Gasteiger partial charge on any atom is -0.264 e. The maximum atomic E-state index is 4.53. The standard InChI is InChI=1S/7C16H10N2.7C2H6/c1-3-7-13-11(5-1)12-6-2-4-8-14(12)16-15(13)17-9-10-18-16;1-2-6-12-11(5-1)13-7-3-9-17-16(13)14-8-4-10-18-15(12)14;1-2-7-13-11(5-1)12-6-3-4-8-14(12)16-15(13)9-17-10-18-16;1-2-5-12-11(4-1)13-7-9-17-10-15(13)16-14(12)6-3-8-18-16;2*1-2-5-12-11(4-1)13-6-3-8-18-16(13)14-7-9-17-10-15(12)14;1-2-4-12-11(3-1)15-9-17-7-5-13(15)14-6-8-18-10-16(12)14;7*1-2/h7*1-10H;7*1-2H3. The Morgan fingerprint density at radius 3 is 0.521 bits per heavy atom. The third-order valence-electron chi connectivity index (χ3n) is 23.7. The lowest BCUT2D eigenvalue weighted by Crippen LogP contribution is -1.87. The van der Waals surface area contributed by atoms with Crippen LogP contribution in [0.15, 0.2) is 427 Å². The largest absolute Gasteiger partial charge is 0.264 e. The first-order valence-electron chi connectivity index (χ1n) is 48.6. The van der Waals surface area contributed by atoms with Crippen molar-refractivity contribution in [1.82, 2.24) is 69.8 Å². The maximum absolute atomic E-state index is 4.53. The summed E-state index contributed by atoms with van der Waals surface area (Å²) in [4.78, 5) is 61.4. The summed E-state index contributed by atoms with van der Waals surface area (Å²) in [6.45, 7) is 28.0. The van der Waals surface area contributed by atoms with E-state index in [1.54, 1.807) is 18.7 Å². The lowest BCUT2D eigenvalue weighted by atomic mass is 9.97. The molecule has 0 radical (unpaired) electrons. The highest BCUT2D eigenvalue weighted by Crippen LogP contribution is 2.41. The molecule has 12 aromatic heterocycles. The molecule has 14 heteroatoms. The summed E-state index contributed by atoms with van der Waals surface area (Å²) >= 11 is 0. The van der Waals surface area contributed by atoms with Crippen LogP contribution >= 0.6 is 0 Å². The smallest absolute Gasteiger partial charge is 0.116 e. The van der Waals surface area contributed by atoms with Crippen LogP contribution in [0, 0.1) is 0 Å². The second kappa shape index (κ2) is 47.7. The van der Waals surface area contributed by atoms with Crippen molar-refractivity contribution < 1.29 is 0 Å². The minimum atomic E-state index is 0.979. The van der Waals surface area contributed by atoms with E-state index in [0.717, 1.165) is 60.3 Å². The Morgan fingerprint density at radius 2 is 0.243 bits per heavy atom. The van der Waals surface area contributed by atoms with Crippen molar-refractivity contribution in [3.63, 3.8) is 0 Å². The number of hydrogen-bond acceptors (Lipinski definition) is 14. The molecule has 0 spiro atoms. The number of fused-ring (bicyclic) bond motifs is 42. The van der Waals surface area contributed by atoms with Crippen molar-refractivity contribution in [1.29, 1.82) is 0 Å². The number of pyridine rings is 10. The topological polar surface area (TPSA) is 180 Å². The molecule has 0 N–H and O–H groups in total. The lowest BCUT2D eigenvalue weighted by Gasteiger charge is -2.08. The van der Waals surface area contributed by atoms with Gasteiger partial charge in [-0.25, -0.2) is 9.97 Å². The number of aromatic nitrogens is 14. The Morgan fingerprint density at radius 1 is 0.100 bits per heavy atom. The lowest BCUT2D eigenvalue weighted by molar-refractivity contribution is 1.23. The van der Waals surface area contributed by atoms with Gasteiger partial charge in [0.2, 0.25) is 0 Å². The zero-order valence-electron chi connectivity index (χ0n) is 81.7. The quantitative estimate of drug-likeness (QED) is 0.131. The van der Waals surface area contributed by atoms with Crippen LogP contribution in [0.5, 0.6) is 0 Å². The second-order valence-electron chi connectivity index (χ2n) is 30.6. The van der Waals surface area contributed by atoms with Gasteiger partial charge in [-0.2, -0.15) is 0 Å². The molecule has 0 bridgehead atoms. The Kier molecular flexibility index (Phi) is 33.1. The van der Waals surface area contributed by atoms with Crippen LogP contribution < -0.4 is 0 Å². The molecular formula is C126H112N14. The first kappa shape index (κ1) is 97.2. The molecule has 0 saturated carbocycles. The zero-order chi connectivity index (χ0) is 97.6. The molecule has 28 aromatic rings. The summed E-state index contributed by atoms with van der Waals surface area (Å²) < 4.78 is 0. The molecule has 0 amide bonds. The molecule has 0 aliphatic rings. The Hall–Kier alpha value is -17.4. The average molecular weight is 1820 g/mol. The summed E-state index contributed by atoms with van der Waals surface area (Å²) in [6, 6.07) is 106. The van der Waals surface area contributed by atoms with E-state index in [-0.39, 0.29) is 0 Å². The number of rotatable bonds is 0. The third-order valence-corrected chi connectivity index (χ3v) is 23.7. The van der Waals surface area contributed by atoms with E-state index in [0.29, 0.717) is 0 Å². The first-order valence-corrected chi connectivity index (χ1v) is 48.6. The van der Waals surface area contributed by atoms with E-state index in [1.165, 1.54) is 167 Å². The average Bonchev–Trinajstić information content (AvgIpc) is 0.786. The summed E-state index contributed by atoms with van der Waals surface area (Å²) in [7, 11) is 0. The van der Waals surface area contributed by atoms with E-state index < -0.39 is 0 Å². The molecule has 16 aromatic carbocycles. The van der Waals surface area contributed by atoms with Gasteiger partial charge in [0, 0.05) is 203 Å². The van der Waals surface area contributed by atoms with Crippen molar-refractivity contribution in [3.05, 3.63) is 427 Å². The van der Waals surface area contributed by atoms with Crippen LogP contribution in [0.3, 0.4) is 0 Å². The van der Waals surface area contributed by atoms with Crippen LogP contribution in [-0.4, -0.2) is 69.8 Å². The van der Waals surface area contributed by atoms with Gasteiger partial charge in [-0.05, 0) is 158 Å². The SMILES string of the molecule is CC.CC.CC.CC.CC.CC.CC.c1ccc2c(c1)c1ccccc1c1nccnc21.c1ccc2c(c1)c1ccccc1c1ncncc21.c1ccc2c(c1)c1cccnc1c1cccnc21.c1ccc2c(c1)c1ccncc1c1ncccc21.c1ccc2c(c1)c1cnccc1c1ccncc21.c1ccc2c(c1)c1cnccc1c1ncccc21.c1ccc2c(c1)c1cnccc1c1ncccc21. The highest BCUT2D eigenvalue weighted by Gasteiger charge is 2.17. The molecule has 0 aliphatic carbocycles. The van der Waals surface area contributed by atoms with Gasteiger partial charge in [0.15, 0.2) is 0 Å². The van der Waals surface area contributed by atoms with E-state index in [2.05, 4.69) is 325 Å². The van der Waals surface area contributed by atoms with Crippen LogP contribution in [0.1, 0.15) is 96.9 Å². The van der Waals surface area contributed by atoms with Crippen LogP contribution in [0.4, 0.5) is 0 Å². The first-order chi connectivity index (χ1) is 69.6. The molecule has 0 atom stereocenters. The van der Waals surface area contributed by atoms with Crippen LogP contribution in [0.2, 0.25) is 0 Å². The van der Waals surface area contributed by atoms with Gasteiger partial charge in [-0.3, -0.25) is 59.8 Å². The van der Waals surface area contributed by atoms with Crippen molar-refractivity contribution in [2.75, 3.05) is 0 Å². The minimum absolute atomic E-state index is 0.979. The molecule has 140 heavy (non-hydrogen) atoms. The van der Waals surface area contributed by atoms with E-state index in [9.17, 15) is 0 Å². The summed E-state index contributed by atoms with van der Waals surface area (Å²) in [5, 5.41) is 40.9. The van der Waals surface area contributed by atoms with E-state index in [1.807, 2.05) is 251 Å². The molecule has 686 valence electrons. The molecule has 12 heterocycles. The highest BCUT2D eigenvalue weighted by atomic mass is 14.8. The molecular weight excluding hydrogens is 1710 g/mol. The molecule has 28 rings (SSSR count). The van der Waals surface area contributed by atoms with Crippen molar-refractivity contribution in [3.8, 4) is 0 Å². The second-order valence-corrected chi connectivity index (χ2v) is 30.6. The van der Waals surface area contributed by atoms with Gasteiger partial charge in [0.25, 0.3) is 0 Å². The Labute approximate surface area is 815 Å². The third kappa shape index (κ3) is 19.5. The van der Waals surface area contributed by atoms with Gasteiger partial charge < -0.3 is 0 Å². The predicted molar refractivity (Wildman–Crippen MR) is 601 cm³/mol. The van der Waals surface area contributed by atoms with Gasteiger partial charge in [-0.15, -0.1) is 0 Å². The van der Waals surface area contributed by atoms with Crippen molar-refractivity contribution in [2.24, 2.45) is 0 Å². The summed E-state index contributed by atoms with van der Waals surface area (Å²) in [5.41, 5.74) is 8.16. The molecule has 0 aliphatic heterocycles. The fraction of sp³-hybridized carbons (Fsp3) is 0.111. The monoisotopic (exact) mass is 1820 g/mol. The van der Waals surface area contributed by atoms with Crippen LogP contribution in [0.25, 0.3) is 227 Å². The predicted octanol–water partition coefficient (Wildman–Crippen LogP) is 34.7. The summed E-state index contributed by atoms with van der Waals surface area (Å²) in [6.07, 6.45) is 35.0. The van der Waals surface area contributed by atoms with Gasteiger partial charge >= 0.3 is 0 Å². The molecule has 14 nitrogen and oxygen atoms in total. The molecule has 0 saturated heterocycles. The van der Waals surface area contributed by atoms with Gasteiger partial charge in [-0.1, -0.05) is 340 Å². The Bertz CT molecular complexity index is 6110. The highest BCUT2D eigenvalue weighted by molar-refractivity contribution is 6.30. The van der Waals surface area contributed by atoms with Crippen LogP contribution in [-0.2, 0) is 0 Å². The normalized spacial score (nSPS) is 10.5. The fourth-order valence-electron chi connectivity index (χ4n) is 18.2. The summed E-state index contributed by atoms with van der Waals surface area (Å²) in [5.74, 6) is 0. The van der Waals surface area contributed by atoms with Gasteiger partial charge in [0.05, 0.1) is 44.1 Å². The van der Waals surface area contributed by atoms with Crippen molar-refractivity contribution in [2.45, 2.75) is 96.9 Å². The number of hydrogen-bond donors (Lipinski definition) is 0. The molecule has 0 fully saturated rings. The fourth-order valence-corrected chi connectivity index (χ4v) is 18.2. The Balaban J connectivity index is 0.000000121. The van der Waals surface area contributed by atoms with E-state index >= 15 is 0 Å². The zero-order valence-corrected chi connectivity index (χ0v) is 81.7.